The molecule has 36 heavy (non-hydrogen) atoms. The highest BCUT2D eigenvalue weighted by Crippen LogP contribution is 2.23. The summed E-state index contributed by atoms with van der Waals surface area (Å²) in [5.41, 5.74) is 0.410. The number of rotatable bonds is 12. The second kappa shape index (κ2) is 13.0. The first kappa shape index (κ1) is 28.8. The number of amides is 2. The molecule has 0 aliphatic carbocycles. The molecule has 0 fully saturated rings. The van der Waals surface area contributed by atoms with E-state index in [1.807, 2.05) is 11.9 Å². The van der Waals surface area contributed by atoms with Gasteiger partial charge in [0.25, 0.3) is 11.8 Å². The summed E-state index contributed by atoms with van der Waals surface area (Å²) < 4.78 is 80.5. The van der Waals surface area contributed by atoms with Crippen LogP contribution in [0.15, 0.2) is 48.5 Å². The van der Waals surface area contributed by atoms with Crippen molar-refractivity contribution in [2.24, 2.45) is 0 Å². The molecule has 13 heteroatoms. The van der Waals surface area contributed by atoms with Gasteiger partial charge in [0, 0.05) is 24.2 Å². The molecule has 0 bridgehead atoms. The van der Waals surface area contributed by atoms with Crippen molar-refractivity contribution < 1.29 is 45.4 Å². The van der Waals surface area contributed by atoms with Gasteiger partial charge >= 0.3 is 12.7 Å². The number of ether oxygens (including phenoxy) is 2. The molecule has 0 heterocycles. The van der Waals surface area contributed by atoms with Gasteiger partial charge in [-0.3, -0.25) is 9.59 Å². The summed E-state index contributed by atoms with van der Waals surface area (Å²) in [5, 5.41) is 5.36. The maximum absolute atomic E-state index is 12.2. The van der Waals surface area contributed by atoms with Crippen LogP contribution >= 0.6 is 0 Å². The van der Waals surface area contributed by atoms with Crippen molar-refractivity contribution >= 4 is 11.8 Å². The first-order valence-corrected chi connectivity index (χ1v) is 10.8. The molecule has 0 radical (unpaired) electrons. The zero-order valence-electron chi connectivity index (χ0n) is 19.2. The van der Waals surface area contributed by atoms with Crippen LogP contribution < -0.4 is 20.1 Å². The van der Waals surface area contributed by atoms with Gasteiger partial charge in [-0.15, -0.1) is 26.3 Å². The maximum Gasteiger partial charge on any atom is 0.573 e. The van der Waals surface area contributed by atoms with Crippen molar-refractivity contribution in [3.63, 3.8) is 0 Å². The van der Waals surface area contributed by atoms with Crippen LogP contribution in [-0.4, -0.2) is 62.7 Å². The van der Waals surface area contributed by atoms with Gasteiger partial charge in [0.1, 0.15) is 11.5 Å². The molecule has 0 aliphatic rings. The minimum atomic E-state index is -4.80. The van der Waals surface area contributed by atoms with Crippen molar-refractivity contribution in [1.82, 2.24) is 15.5 Å². The zero-order valence-corrected chi connectivity index (χ0v) is 19.2. The monoisotopic (exact) mass is 521 g/mol. The van der Waals surface area contributed by atoms with Crippen molar-refractivity contribution in [3.8, 4) is 11.5 Å². The Hall–Kier alpha value is -3.48. The largest absolute Gasteiger partial charge is 0.573 e. The van der Waals surface area contributed by atoms with Gasteiger partial charge in [-0.1, -0.05) is 0 Å². The number of alkyl halides is 6. The smallest absolute Gasteiger partial charge is 0.406 e. The maximum atomic E-state index is 12.2. The van der Waals surface area contributed by atoms with Crippen LogP contribution in [0, 0.1) is 0 Å². The van der Waals surface area contributed by atoms with Crippen molar-refractivity contribution in [1.29, 1.82) is 0 Å². The second-order valence-electron chi connectivity index (χ2n) is 7.67. The van der Waals surface area contributed by atoms with E-state index >= 15 is 0 Å². The van der Waals surface area contributed by atoms with Gasteiger partial charge in [-0.05, 0) is 81.5 Å². The van der Waals surface area contributed by atoms with E-state index in [4.69, 9.17) is 0 Å². The number of hydrogen-bond donors (Lipinski definition) is 2. The predicted octanol–water partition coefficient (Wildman–Crippen LogP) is 4.36. The molecule has 0 atom stereocenters. The molecule has 0 spiro atoms. The number of hydrogen-bond acceptors (Lipinski definition) is 5. The fourth-order valence-corrected chi connectivity index (χ4v) is 3.03. The molecule has 0 saturated carbocycles. The van der Waals surface area contributed by atoms with E-state index in [2.05, 4.69) is 20.1 Å². The van der Waals surface area contributed by atoms with Crippen LogP contribution in [0.5, 0.6) is 11.5 Å². The van der Waals surface area contributed by atoms with Crippen LogP contribution in [0.25, 0.3) is 0 Å². The third-order valence-corrected chi connectivity index (χ3v) is 4.70. The molecule has 0 aromatic heterocycles. The Labute approximate surface area is 203 Å². The minimum absolute atomic E-state index is 0.205. The van der Waals surface area contributed by atoms with Gasteiger partial charge in [0.15, 0.2) is 0 Å². The lowest BCUT2D eigenvalue weighted by molar-refractivity contribution is -0.275. The third kappa shape index (κ3) is 11.3. The molecule has 2 amide bonds. The average molecular weight is 521 g/mol. The van der Waals surface area contributed by atoms with E-state index in [1.54, 1.807) is 0 Å². The summed E-state index contributed by atoms with van der Waals surface area (Å²) in [4.78, 5) is 26.1. The van der Waals surface area contributed by atoms with Crippen LogP contribution in [0.1, 0.15) is 33.6 Å². The topological polar surface area (TPSA) is 79.9 Å². The first-order valence-electron chi connectivity index (χ1n) is 10.8. The second-order valence-corrected chi connectivity index (χ2v) is 7.67. The fourth-order valence-electron chi connectivity index (χ4n) is 3.03. The number of nitrogens with one attached hydrogen (secondary N) is 2. The Balaban J connectivity index is 1.59. The highest BCUT2D eigenvalue weighted by molar-refractivity contribution is 5.94. The molecular weight excluding hydrogens is 496 g/mol. The van der Waals surface area contributed by atoms with Gasteiger partial charge in [0.05, 0.1) is 0 Å². The van der Waals surface area contributed by atoms with E-state index in [0.717, 1.165) is 24.3 Å². The van der Waals surface area contributed by atoms with Crippen LogP contribution in [0.3, 0.4) is 0 Å². The molecule has 2 aromatic carbocycles. The normalized spacial score (nSPS) is 11.8. The molecule has 2 aromatic rings. The highest BCUT2D eigenvalue weighted by Gasteiger charge is 2.31. The van der Waals surface area contributed by atoms with Crippen LogP contribution in [0.2, 0.25) is 0 Å². The summed E-state index contributed by atoms with van der Waals surface area (Å²) in [7, 11) is 1.86. The molecule has 0 unspecified atom stereocenters. The predicted molar refractivity (Wildman–Crippen MR) is 118 cm³/mol. The summed E-state index contributed by atoms with van der Waals surface area (Å²) in [6.45, 7) is 2.00. The number of halogens is 6. The van der Waals surface area contributed by atoms with E-state index in [0.29, 0.717) is 39.0 Å². The Bertz CT molecular complexity index is 900. The van der Waals surface area contributed by atoms with Crippen LogP contribution in [-0.2, 0) is 0 Å². The number of benzene rings is 2. The van der Waals surface area contributed by atoms with E-state index in [1.165, 1.54) is 24.3 Å². The molecule has 198 valence electrons. The summed E-state index contributed by atoms with van der Waals surface area (Å²) in [6, 6.07) is 9.20. The average Bonchev–Trinajstić information content (AvgIpc) is 2.78. The number of carbonyl (C=O) groups is 2. The van der Waals surface area contributed by atoms with Crippen molar-refractivity contribution in [3.05, 3.63) is 59.7 Å². The standard InChI is InChI=1S/C23H25F6N3O4/c1-32(14-2-12-30-20(33)16-4-8-18(9-5-16)35-22(24,25)26)15-3-13-31-21(34)17-6-10-19(11-7-17)36-23(27,28)29/h4-11H,2-3,12-15H2,1H3,(H,30,33)(H,31,34). The zero-order chi connectivity index (χ0) is 26.8. The lowest BCUT2D eigenvalue weighted by atomic mass is 10.2. The molecule has 2 rings (SSSR count). The van der Waals surface area contributed by atoms with Gasteiger partial charge in [0.2, 0.25) is 0 Å². The van der Waals surface area contributed by atoms with Crippen molar-refractivity contribution in [2.45, 2.75) is 25.6 Å². The Morgan fingerprint density at radius 3 is 1.33 bits per heavy atom. The lowest BCUT2D eigenvalue weighted by Gasteiger charge is -2.17. The molecule has 0 aliphatic heterocycles. The lowest BCUT2D eigenvalue weighted by Crippen LogP contribution is -2.30. The Morgan fingerprint density at radius 2 is 1.03 bits per heavy atom. The van der Waals surface area contributed by atoms with E-state index in [-0.39, 0.29) is 11.1 Å². The molecule has 0 saturated heterocycles. The van der Waals surface area contributed by atoms with Gasteiger partial charge < -0.3 is 25.0 Å². The minimum Gasteiger partial charge on any atom is -0.406 e. The summed E-state index contributed by atoms with van der Waals surface area (Å²) >= 11 is 0. The number of carbonyl (C=O) groups excluding carboxylic acids is 2. The highest BCUT2D eigenvalue weighted by atomic mass is 19.4. The Kier molecular flexibility index (Phi) is 10.4. The van der Waals surface area contributed by atoms with E-state index < -0.39 is 36.0 Å². The van der Waals surface area contributed by atoms with Crippen LogP contribution in [0.4, 0.5) is 26.3 Å². The van der Waals surface area contributed by atoms with Gasteiger partial charge in [-0.2, -0.15) is 0 Å². The Morgan fingerprint density at radius 1 is 0.694 bits per heavy atom. The summed E-state index contributed by atoms with van der Waals surface area (Å²) in [6.07, 6.45) is -8.36. The fraction of sp³-hybridized carbons (Fsp3) is 0.391. The first-order chi connectivity index (χ1) is 16.8. The summed E-state index contributed by atoms with van der Waals surface area (Å²) in [5.74, 6) is -1.66. The molecule has 7 nitrogen and oxygen atoms in total. The molecule has 2 N–H and O–H groups in total. The third-order valence-electron chi connectivity index (χ3n) is 4.70. The van der Waals surface area contributed by atoms with Crippen molar-refractivity contribution in [2.75, 3.05) is 33.2 Å². The van der Waals surface area contributed by atoms with E-state index in [9.17, 15) is 35.9 Å². The van der Waals surface area contributed by atoms with Gasteiger partial charge in [-0.25, -0.2) is 0 Å². The molecular formula is C23H25F6N3O4. The number of nitrogens with zero attached hydrogens (tertiary/aromatic N) is 1. The SMILES string of the molecule is CN(CCCNC(=O)c1ccc(OC(F)(F)F)cc1)CCCNC(=O)c1ccc(OC(F)(F)F)cc1. The quantitative estimate of drug-likeness (QED) is 0.321.